The molecular weight excluding hydrogens is 459 g/mol. The minimum absolute atomic E-state index is 0.0734. The van der Waals surface area contributed by atoms with Gasteiger partial charge in [0.15, 0.2) is 0 Å². The first-order chi connectivity index (χ1) is 15.0. The molecular formula is C21H27FN2O6S2. The molecule has 2 N–H and O–H groups in total. The van der Waals surface area contributed by atoms with Crippen LogP contribution < -0.4 is 9.44 Å². The van der Waals surface area contributed by atoms with Crippen molar-refractivity contribution in [3.63, 3.8) is 0 Å². The molecule has 2 rings (SSSR count). The summed E-state index contributed by atoms with van der Waals surface area (Å²) < 4.78 is 72.5. The van der Waals surface area contributed by atoms with E-state index in [-0.39, 0.29) is 29.4 Å². The molecule has 0 radical (unpaired) electrons. The van der Waals surface area contributed by atoms with Gasteiger partial charge >= 0.3 is 5.97 Å². The fourth-order valence-corrected chi connectivity index (χ4v) is 5.11. The number of rotatable bonds is 12. The molecule has 2 aromatic rings. The van der Waals surface area contributed by atoms with Crippen LogP contribution in [0.25, 0.3) is 0 Å². The highest BCUT2D eigenvalue weighted by atomic mass is 32.2. The number of hydrogen-bond acceptors (Lipinski definition) is 6. The zero-order chi connectivity index (χ0) is 23.8. The van der Waals surface area contributed by atoms with E-state index < -0.39 is 37.9 Å². The van der Waals surface area contributed by atoms with Crippen LogP contribution in [0.5, 0.6) is 0 Å². The van der Waals surface area contributed by atoms with Crippen molar-refractivity contribution in [1.82, 2.24) is 9.44 Å². The van der Waals surface area contributed by atoms with Crippen molar-refractivity contribution in [1.29, 1.82) is 0 Å². The monoisotopic (exact) mass is 486 g/mol. The molecule has 11 heteroatoms. The van der Waals surface area contributed by atoms with Gasteiger partial charge in [0.05, 0.1) is 16.4 Å². The summed E-state index contributed by atoms with van der Waals surface area (Å²) in [6.07, 6.45) is 0.830. The van der Waals surface area contributed by atoms with Crippen LogP contribution >= 0.6 is 0 Å². The van der Waals surface area contributed by atoms with E-state index in [0.29, 0.717) is 12.8 Å². The largest absolute Gasteiger partial charge is 0.465 e. The van der Waals surface area contributed by atoms with E-state index in [1.165, 1.54) is 12.1 Å². The number of unbranched alkanes of at least 4 members (excludes halogenated alkanes) is 1. The van der Waals surface area contributed by atoms with Crippen molar-refractivity contribution in [2.24, 2.45) is 0 Å². The molecule has 0 aliphatic rings. The average molecular weight is 487 g/mol. The van der Waals surface area contributed by atoms with Crippen molar-refractivity contribution >= 4 is 26.0 Å². The first kappa shape index (κ1) is 25.9. The summed E-state index contributed by atoms with van der Waals surface area (Å²) in [7, 11) is -7.73. The third-order valence-electron chi connectivity index (χ3n) is 4.54. The van der Waals surface area contributed by atoms with Crippen molar-refractivity contribution in [2.45, 2.75) is 48.9 Å². The predicted molar refractivity (Wildman–Crippen MR) is 117 cm³/mol. The van der Waals surface area contributed by atoms with E-state index in [4.69, 9.17) is 4.74 Å². The Kier molecular flexibility index (Phi) is 9.32. The van der Waals surface area contributed by atoms with Gasteiger partial charge in [0, 0.05) is 6.54 Å². The van der Waals surface area contributed by atoms with Crippen molar-refractivity contribution in [3.05, 3.63) is 59.9 Å². The minimum atomic E-state index is -4.07. The summed E-state index contributed by atoms with van der Waals surface area (Å²) >= 11 is 0. The average Bonchev–Trinajstić information content (AvgIpc) is 2.73. The number of benzene rings is 2. The Morgan fingerprint density at radius 1 is 0.938 bits per heavy atom. The Balaban J connectivity index is 1.94. The van der Waals surface area contributed by atoms with Crippen molar-refractivity contribution in [3.8, 4) is 0 Å². The lowest BCUT2D eigenvalue weighted by atomic mass is 10.1. The lowest BCUT2D eigenvalue weighted by Crippen LogP contribution is -2.41. The maximum atomic E-state index is 13.1. The highest BCUT2D eigenvalue weighted by Gasteiger charge is 2.26. The van der Waals surface area contributed by atoms with Gasteiger partial charge in [-0.05, 0) is 69.5 Å². The summed E-state index contributed by atoms with van der Waals surface area (Å²) in [5.74, 6) is -1.32. The van der Waals surface area contributed by atoms with E-state index in [1.807, 2.05) is 6.92 Å². The van der Waals surface area contributed by atoms with Gasteiger partial charge in [-0.25, -0.2) is 25.9 Å². The molecule has 0 aliphatic heterocycles. The van der Waals surface area contributed by atoms with Crippen LogP contribution in [0.4, 0.5) is 4.39 Å². The number of sulfonamides is 2. The molecule has 1 unspecified atom stereocenters. The van der Waals surface area contributed by atoms with Crippen molar-refractivity contribution in [2.75, 3.05) is 13.2 Å². The van der Waals surface area contributed by atoms with Crippen LogP contribution in [-0.4, -0.2) is 42.0 Å². The Labute approximate surface area is 188 Å². The normalized spacial score (nSPS) is 13.0. The molecule has 0 bridgehead atoms. The molecule has 0 heterocycles. The highest BCUT2D eigenvalue weighted by molar-refractivity contribution is 7.89. The van der Waals surface area contributed by atoms with Crippen LogP contribution in [0.15, 0.2) is 58.3 Å². The summed E-state index contributed by atoms with van der Waals surface area (Å²) in [4.78, 5) is 12.2. The summed E-state index contributed by atoms with van der Waals surface area (Å²) in [5, 5.41) is 0. The zero-order valence-corrected chi connectivity index (χ0v) is 19.5. The van der Waals surface area contributed by atoms with Crippen LogP contribution in [-0.2, 0) is 29.6 Å². The number of esters is 1. The summed E-state index contributed by atoms with van der Waals surface area (Å²) in [6.45, 7) is 3.65. The van der Waals surface area contributed by atoms with Crippen LogP contribution in [0.2, 0.25) is 0 Å². The first-order valence-corrected chi connectivity index (χ1v) is 13.0. The maximum Gasteiger partial charge on any atom is 0.324 e. The van der Waals surface area contributed by atoms with Gasteiger partial charge in [-0.15, -0.1) is 0 Å². The van der Waals surface area contributed by atoms with Gasteiger partial charge in [-0.2, -0.15) is 4.72 Å². The molecule has 176 valence electrons. The Hall–Kier alpha value is -2.34. The number of carbonyl (C=O) groups excluding carboxylic acids is 1. The predicted octanol–water partition coefficient (Wildman–Crippen LogP) is 2.49. The molecule has 0 fully saturated rings. The van der Waals surface area contributed by atoms with Gasteiger partial charge in [-0.3, -0.25) is 4.79 Å². The quantitative estimate of drug-likeness (QED) is 0.352. The smallest absolute Gasteiger partial charge is 0.324 e. The Morgan fingerprint density at radius 3 is 2.09 bits per heavy atom. The standard InChI is InChI=1S/C21H27FN2O6S2/c1-3-30-21(25)20(24-32(28,29)19-13-9-17(22)10-14-19)6-4-5-15-23-31(26,27)18-11-7-16(2)8-12-18/h7-14,20,23-24H,3-6,15H2,1-2H3. The molecule has 0 saturated carbocycles. The van der Waals surface area contributed by atoms with E-state index in [2.05, 4.69) is 9.44 Å². The number of halogens is 1. The maximum absolute atomic E-state index is 13.1. The molecule has 8 nitrogen and oxygen atoms in total. The van der Waals surface area contributed by atoms with Gasteiger partial charge in [-0.1, -0.05) is 17.7 Å². The summed E-state index contributed by atoms with van der Waals surface area (Å²) in [6, 6.07) is 9.48. The second kappa shape index (κ2) is 11.5. The molecule has 32 heavy (non-hydrogen) atoms. The minimum Gasteiger partial charge on any atom is -0.465 e. The molecule has 0 aromatic heterocycles. The lowest BCUT2D eigenvalue weighted by Gasteiger charge is -2.17. The van der Waals surface area contributed by atoms with Crippen LogP contribution in [0, 0.1) is 12.7 Å². The Bertz CT molecular complexity index is 1100. The van der Waals surface area contributed by atoms with Crippen LogP contribution in [0.3, 0.4) is 0 Å². The number of nitrogens with one attached hydrogen (secondary N) is 2. The van der Waals surface area contributed by atoms with E-state index in [1.54, 1.807) is 19.1 Å². The van der Waals surface area contributed by atoms with Gasteiger partial charge in [0.1, 0.15) is 11.9 Å². The zero-order valence-electron chi connectivity index (χ0n) is 17.9. The lowest BCUT2D eigenvalue weighted by molar-refractivity contribution is -0.145. The van der Waals surface area contributed by atoms with E-state index in [0.717, 1.165) is 29.8 Å². The second-order valence-electron chi connectivity index (χ2n) is 7.09. The van der Waals surface area contributed by atoms with E-state index in [9.17, 15) is 26.0 Å². The number of hydrogen-bond donors (Lipinski definition) is 2. The third-order valence-corrected chi connectivity index (χ3v) is 7.50. The topological polar surface area (TPSA) is 119 Å². The molecule has 0 spiro atoms. The molecule has 0 amide bonds. The number of ether oxygens (including phenoxy) is 1. The Morgan fingerprint density at radius 2 is 1.50 bits per heavy atom. The fraction of sp³-hybridized carbons (Fsp3) is 0.381. The van der Waals surface area contributed by atoms with Crippen molar-refractivity contribution < 1.29 is 30.8 Å². The fourth-order valence-electron chi connectivity index (χ4n) is 2.82. The molecule has 2 aromatic carbocycles. The first-order valence-electron chi connectivity index (χ1n) is 10.1. The van der Waals surface area contributed by atoms with Gasteiger partial charge in [0.25, 0.3) is 0 Å². The van der Waals surface area contributed by atoms with E-state index >= 15 is 0 Å². The molecule has 0 aliphatic carbocycles. The SMILES string of the molecule is CCOC(=O)C(CCCCNS(=O)(=O)c1ccc(C)cc1)NS(=O)(=O)c1ccc(F)cc1. The molecule has 1 atom stereocenters. The molecule has 0 saturated heterocycles. The van der Waals surface area contributed by atoms with Crippen LogP contribution in [0.1, 0.15) is 31.7 Å². The van der Waals surface area contributed by atoms with Gasteiger partial charge < -0.3 is 4.74 Å². The number of carbonyl (C=O) groups is 1. The van der Waals surface area contributed by atoms with Gasteiger partial charge in [0.2, 0.25) is 20.0 Å². The summed E-state index contributed by atoms with van der Waals surface area (Å²) in [5.41, 5.74) is 0.942. The third kappa shape index (κ3) is 7.66. The second-order valence-corrected chi connectivity index (χ2v) is 10.6. The highest BCUT2D eigenvalue weighted by Crippen LogP contribution is 2.14. The number of aryl methyl sites for hydroxylation is 1.